The number of para-hydroxylation sites is 1. The van der Waals surface area contributed by atoms with Gasteiger partial charge < -0.3 is 34.6 Å². The van der Waals surface area contributed by atoms with Crippen molar-refractivity contribution in [2.24, 2.45) is 4.99 Å². The number of thioether (sulfide) groups is 1. The van der Waals surface area contributed by atoms with Crippen LogP contribution in [0.4, 0.5) is 0 Å². The molecule has 0 radical (unpaired) electrons. The molecule has 28 heavy (non-hydrogen) atoms. The van der Waals surface area contributed by atoms with Crippen molar-refractivity contribution in [1.29, 1.82) is 0 Å². The highest BCUT2D eigenvalue weighted by atomic mass is 32.2. The summed E-state index contributed by atoms with van der Waals surface area (Å²) in [6.07, 6.45) is 0. The topological polar surface area (TPSA) is 138 Å². The van der Waals surface area contributed by atoms with Crippen LogP contribution in [0.15, 0.2) is 23.2 Å². The smallest absolute Gasteiger partial charge is 0.332 e. The van der Waals surface area contributed by atoms with Crippen LogP contribution < -0.4 is 4.74 Å². The Morgan fingerprint density at radius 1 is 1.18 bits per heavy atom. The average Bonchev–Trinajstić information content (AvgIpc) is 3.05. The molecule has 1 aliphatic rings. The first kappa shape index (κ1) is 24.2. The van der Waals surface area contributed by atoms with Gasteiger partial charge in [0.15, 0.2) is 17.0 Å². The average molecular weight is 417 g/mol. The van der Waals surface area contributed by atoms with E-state index in [1.807, 2.05) is 0 Å². The first-order valence-corrected chi connectivity index (χ1v) is 9.52. The molecule has 4 N–H and O–H groups in total. The number of aliphatic carboxylic acids is 1. The summed E-state index contributed by atoms with van der Waals surface area (Å²) in [5.74, 6) is -0.413. The lowest BCUT2D eigenvalue weighted by atomic mass is 10.1. The number of benzene rings is 1. The molecule has 0 amide bonds. The fraction of sp³-hybridized carbons (Fsp3) is 0.556. The molecule has 0 aromatic heterocycles. The van der Waals surface area contributed by atoms with Crippen molar-refractivity contribution >= 4 is 22.8 Å². The molecule has 1 unspecified atom stereocenters. The van der Waals surface area contributed by atoms with Crippen LogP contribution in [0.5, 0.6) is 11.5 Å². The van der Waals surface area contributed by atoms with Crippen LogP contribution in [0.2, 0.25) is 0 Å². The second-order valence-electron chi connectivity index (χ2n) is 6.00. The van der Waals surface area contributed by atoms with Gasteiger partial charge in [0.1, 0.15) is 11.7 Å². The molecule has 0 spiro atoms. The normalized spacial score (nSPS) is 18.4. The maximum atomic E-state index is 11.3. The van der Waals surface area contributed by atoms with Gasteiger partial charge in [-0.25, -0.2) is 4.79 Å². The highest BCUT2D eigenvalue weighted by Gasteiger charge is 2.39. The Morgan fingerprint density at radius 3 is 2.43 bits per heavy atom. The number of aromatic hydroxyl groups is 1. The first-order chi connectivity index (χ1) is 13.0. The monoisotopic (exact) mass is 417 g/mol. The van der Waals surface area contributed by atoms with Gasteiger partial charge in [-0.15, -0.1) is 11.8 Å². The molecule has 1 aromatic rings. The predicted octanol–water partition coefficient (Wildman–Crippen LogP) is 0.963. The Kier molecular flexibility index (Phi) is 10.3. The number of carboxylic acid groups (broad SMARTS) is 1. The molecule has 9 nitrogen and oxygen atoms in total. The summed E-state index contributed by atoms with van der Waals surface area (Å²) < 4.78 is 21.1. The molecule has 1 aliphatic heterocycles. The number of nitrogens with zero attached hydrogens (tertiary/aromatic N) is 1. The fourth-order valence-corrected chi connectivity index (χ4v) is 3.42. The lowest BCUT2D eigenvalue weighted by molar-refractivity contribution is -0.141. The number of hydrogen-bond donors (Lipinski definition) is 2. The van der Waals surface area contributed by atoms with E-state index in [0.717, 1.165) is 0 Å². The van der Waals surface area contributed by atoms with Crippen molar-refractivity contribution in [2.45, 2.75) is 12.5 Å². The molecule has 1 heterocycles. The lowest BCUT2D eigenvalue weighted by Gasteiger charge is -2.12. The van der Waals surface area contributed by atoms with Crippen LogP contribution in [-0.4, -0.2) is 84.7 Å². The summed E-state index contributed by atoms with van der Waals surface area (Å²) in [4.78, 5) is 15.6. The van der Waals surface area contributed by atoms with Gasteiger partial charge in [0, 0.05) is 12.9 Å². The van der Waals surface area contributed by atoms with Crippen molar-refractivity contribution in [2.75, 3.05) is 52.5 Å². The quantitative estimate of drug-likeness (QED) is 0.480. The van der Waals surface area contributed by atoms with Crippen LogP contribution in [0, 0.1) is 0 Å². The minimum Gasteiger partial charge on any atom is -0.504 e. The largest absolute Gasteiger partial charge is 0.504 e. The zero-order valence-electron chi connectivity index (χ0n) is 16.0. The second-order valence-corrected chi connectivity index (χ2v) is 6.97. The summed E-state index contributed by atoms with van der Waals surface area (Å²) in [6, 6.07) is 5.06. The summed E-state index contributed by atoms with van der Waals surface area (Å²) >= 11 is 1.30. The molecule has 0 fully saturated rings. The Bertz CT molecular complexity index is 669. The van der Waals surface area contributed by atoms with Gasteiger partial charge in [-0.3, -0.25) is 4.99 Å². The Balaban J connectivity index is 0.00000392. The van der Waals surface area contributed by atoms with Crippen LogP contribution in [0.25, 0.3) is 0 Å². The molecule has 0 aliphatic carbocycles. The molecule has 158 valence electrons. The number of carboxylic acids is 1. The van der Waals surface area contributed by atoms with E-state index in [1.54, 1.807) is 32.2 Å². The first-order valence-electron chi connectivity index (χ1n) is 8.53. The van der Waals surface area contributed by atoms with Crippen LogP contribution in [0.1, 0.15) is 12.5 Å². The van der Waals surface area contributed by atoms with E-state index in [1.165, 1.54) is 11.8 Å². The van der Waals surface area contributed by atoms with E-state index in [9.17, 15) is 15.0 Å². The maximum Gasteiger partial charge on any atom is 0.332 e. The Hall–Kier alpha value is -1.85. The fourth-order valence-electron chi connectivity index (χ4n) is 2.23. The molecule has 2 rings (SSSR count). The van der Waals surface area contributed by atoms with E-state index >= 15 is 0 Å². The molecular formula is C18H27NO8S. The van der Waals surface area contributed by atoms with Crippen LogP contribution in [-0.2, 0) is 19.0 Å². The maximum absolute atomic E-state index is 11.3. The summed E-state index contributed by atoms with van der Waals surface area (Å²) in [5.41, 5.74) is -0.711. The SMILES string of the molecule is COCCOCCOCCOc1cccc(C2=NC(C)(C(=O)O)CS2)c1O.O. The van der Waals surface area contributed by atoms with Gasteiger partial charge in [-0.05, 0) is 19.1 Å². The number of carbonyl (C=O) groups is 1. The third kappa shape index (κ3) is 6.64. The number of hydrogen-bond acceptors (Lipinski definition) is 8. The van der Waals surface area contributed by atoms with Gasteiger partial charge in [-0.2, -0.15) is 0 Å². The third-order valence-electron chi connectivity index (χ3n) is 3.82. The second kappa shape index (κ2) is 11.9. The van der Waals surface area contributed by atoms with Crippen LogP contribution >= 0.6 is 11.8 Å². The standard InChI is InChI=1S/C18H25NO7S.H2O/c1-18(17(21)22)12-27-16(19-18)13-4-3-5-14(15(13)20)26-11-10-25-9-8-24-7-6-23-2;/h3-5,20H,6-12H2,1-2H3,(H,21,22);1H2. The van der Waals surface area contributed by atoms with Gasteiger partial charge >= 0.3 is 5.97 Å². The minimum absolute atomic E-state index is 0. The van der Waals surface area contributed by atoms with Gasteiger partial charge in [0.05, 0.1) is 38.6 Å². The third-order valence-corrected chi connectivity index (χ3v) is 5.11. The van der Waals surface area contributed by atoms with Gasteiger partial charge in [-0.1, -0.05) is 6.07 Å². The van der Waals surface area contributed by atoms with Crippen molar-refractivity contribution in [1.82, 2.24) is 0 Å². The van der Waals surface area contributed by atoms with Crippen molar-refractivity contribution in [3.63, 3.8) is 0 Å². The van der Waals surface area contributed by atoms with E-state index in [2.05, 4.69) is 4.99 Å². The van der Waals surface area contributed by atoms with Crippen LogP contribution in [0.3, 0.4) is 0 Å². The number of ether oxygens (including phenoxy) is 4. The molecule has 0 bridgehead atoms. The van der Waals surface area contributed by atoms with E-state index in [-0.39, 0.29) is 17.8 Å². The zero-order valence-corrected chi connectivity index (χ0v) is 16.8. The summed E-state index contributed by atoms with van der Waals surface area (Å²) in [5, 5.41) is 20.2. The molecule has 10 heteroatoms. The number of phenolic OH excluding ortho intramolecular Hbond substituents is 1. The Labute approximate surface area is 168 Å². The molecule has 1 aromatic carbocycles. The molecule has 0 saturated heterocycles. The van der Waals surface area contributed by atoms with E-state index in [0.29, 0.717) is 55.1 Å². The van der Waals surface area contributed by atoms with Gasteiger partial charge in [0.25, 0.3) is 0 Å². The number of rotatable bonds is 12. The minimum atomic E-state index is -1.18. The molecule has 1 atom stereocenters. The number of phenols is 1. The predicted molar refractivity (Wildman–Crippen MR) is 106 cm³/mol. The van der Waals surface area contributed by atoms with E-state index < -0.39 is 11.5 Å². The van der Waals surface area contributed by atoms with Gasteiger partial charge in [0.2, 0.25) is 0 Å². The highest BCUT2D eigenvalue weighted by Crippen LogP contribution is 2.37. The highest BCUT2D eigenvalue weighted by molar-refractivity contribution is 8.14. The summed E-state index contributed by atoms with van der Waals surface area (Å²) in [7, 11) is 1.62. The van der Waals surface area contributed by atoms with Crippen molar-refractivity contribution < 1.29 is 39.4 Å². The number of methoxy groups -OCH3 is 1. The number of aliphatic imine (C=N–C) groups is 1. The molecular weight excluding hydrogens is 390 g/mol. The van der Waals surface area contributed by atoms with Crippen molar-refractivity contribution in [3.05, 3.63) is 23.8 Å². The Morgan fingerprint density at radius 2 is 1.82 bits per heavy atom. The summed E-state index contributed by atoms with van der Waals surface area (Å²) in [6.45, 7) is 4.17. The zero-order chi connectivity index (χ0) is 19.7. The lowest BCUT2D eigenvalue weighted by Crippen LogP contribution is -2.33. The van der Waals surface area contributed by atoms with Crippen molar-refractivity contribution in [3.8, 4) is 11.5 Å². The molecule has 0 saturated carbocycles. The van der Waals surface area contributed by atoms with E-state index in [4.69, 9.17) is 18.9 Å².